The summed E-state index contributed by atoms with van der Waals surface area (Å²) in [7, 11) is 1.54. The number of ether oxygens (including phenoxy) is 1. The molecule has 1 aliphatic heterocycles. The molecular formula is C23H18BrNO4S. The second kappa shape index (κ2) is 8.08. The van der Waals surface area contributed by atoms with E-state index >= 15 is 0 Å². The van der Waals surface area contributed by atoms with E-state index in [2.05, 4.69) is 15.9 Å². The summed E-state index contributed by atoms with van der Waals surface area (Å²) < 4.78 is 6.18. The first-order chi connectivity index (χ1) is 14.4. The normalized spacial score (nSPS) is 18.1. The van der Waals surface area contributed by atoms with E-state index in [1.54, 1.807) is 43.5 Å². The van der Waals surface area contributed by atoms with Crippen molar-refractivity contribution in [3.05, 3.63) is 86.0 Å². The summed E-state index contributed by atoms with van der Waals surface area (Å²) in [6, 6.07) is 15.3. The molecule has 30 heavy (non-hydrogen) atoms. The topological polar surface area (TPSA) is 66.8 Å². The van der Waals surface area contributed by atoms with Crippen molar-refractivity contribution in [1.82, 2.24) is 0 Å². The van der Waals surface area contributed by atoms with Gasteiger partial charge in [0, 0.05) is 26.7 Å². The Bertz CT molecular complexity index is 1170. The summed E-state index contributed by atoms with van der Waals surface area (Å²) in [5.41, 5.74) is 2.00. The largest absolute Gasteiger partial charge is 0.507 e. The lowest BCUT2D eigenvalue weighted by molar-refractivity contribution is -0.132. The predicted molar refractivity (Wildman–Crippen MR) is 121 cm³/mol. The molecule has 0 aliphatic carbocycles. The van der Waals surface area contributed by atoms with Crippen molar-refractivity contribution in [1.29, 1.82) is 0 Å². The van der Waals surface area contributed by atoms with Crippen LogP contribution in [0.2, 0.25) is 0 Å². The van der Waals surface area contributed by atoms with Crippen molar-refractivity contribution in [3.8, 4) is 5.75 Å². The fraction of sp³-hybridized carbons (Fsp3) is 0.130. The maximum atomic E-state index is 13.1. The van der Waals surface area contributed by atoms with Gasteiger partial charge in [-0.3, -0.25) is 14.5 Å². The monoisotopic (exact) mass is 483 g/mol. The molecule has 1 fully saturated rings. The third-order valence-electron chi connectivity index (χ3n) is 5.02. The molecule has 2 heterocycles. The van der Waals surface area contributed by atoms with E-state index < -0.39 is 17.7 Å². The van der Waals surface area contributed by atoms with Crippen molar-refractivity contribution in [2.45, 2.75) is 13.0 Å². The summed E-state index contributed by atoms with van der Waals surface area (Å²) in [5.74, 6) is -1.01. The Morgan fingerprint density at radius 2 is 1.93 bits per heavy atom. The SMILES string of the molecule is COc1cccc(N2C(=O)C(=O)/C(=C(\O)c3ccc(Br)c(C)c3)C2c2cccs2)c1. The van der Waals surface area contributed by atoms with Crippen LogP contribution in [0.1, 0.15) is 22.0 Å². The van der Waals surface area contributed by atoms with E-state index in [1.807, 2.05) is 30.5 Å². The first kappa shape index (κ1) is 20.4. The Labute approximate surface area is 186 Å². The van der Waals surface area contributed by atoms with Crippen LogP contribution in [0.5, 0.6) is 5.75 Å². The molecule has 1 atom stereocenters. The highest BCUT2D eigenvalue weighted by molar-refractivity contribution is 9.10. The number of benzene rings is 2. The molecule has 0 radical (unpaired) electrons. The van der Waals surface area contributed by atoms with Crippen molar-refractivity contribution < 1.29 is 19.4 Å². The zero-order valence-electron chi connectivity index (χ0n) is 16.3. The van der Waals surface area contributed by atoms with Crippen LogP contribution < -0.4 is 9.64 Å². The highest BCUT2D eigenvalue weighted by atomic mass is 79.9. The minimum absolute atomic E-state index is 0.0759. The van der Waals surface area contributed by atoms with E-state index in [-0.39, 0.29) is 11.3 Å². The molecule has 152 valence electrons. The Morgan fingerprint density at radius 3 is 2.60 bits per heavy atom. The van der Waals surface area contributed by atoms with Crippen molar-refractivity contribution in [2.75, 3.05) is 12.0 Å². The van der Waals surface area contributed by atoms with Crippen LogP contribution in [-0.2, 0) is 9.59 Å². The minimum atomic E-state index is -0.721. The van der Waals surface area contributed by atoms with Gasteiger partial charge in [-0.2, -0.15) is 0 Å². The lowest BCUT2D eigenvalue weighted by atomic mass is 9.99. The number of aliphatic hydroxyl groups excluding tert-OH is 1. The second-order valence-electron chi connectivity index (χ2n) is 6.85. The molecule has 5 nitrogen and oxygen atoms in total. The molecule has 1 unspecified atom stereocenters. The highest BCUT2D eigenvalue weighted by Crippen LogP contribution is 2.44. The average molecular weight is 484 g/mol. The number of carbonyl (C=O) groups is 2. The zero-order valence-corrected chi connectivity index (χ0v) is 18.7. The van der Waals surface area contributed by atoms with Crippen LogP contribution in [0, 0.1) is 6.92 Å². The molecule has 1 saturated heterocycles. The van der Waals surface area contributed by atoms with Crippen molar-refractivity contribution in [2.24, 2.45) is 0 Å². The molecule has 0 bridgehead atoms. The van der Waals surface area contributed by atoms with Gasteiger partial charge in [0.25, 0.3) is 11.7 Å². The van der Waals surface area contributed by atoms with Crippen LogP contribution in [0.4, 0.5) is 5.69 Å². The third kappa shape index (κ3) is 3.44. The van der Waals surface area contributed by atoms with Gasteiger partial charge in [-0.1, -0.05) is 34.1 Å². The summed E-state index contributed by atoms with van der Waals surface area (Å²) in [5, 5.41) is 13.0. The average Bonchev–Trinajstić information content (AvgIpc) is 3.37. The maximum Gasteiger partial charge on any atom is 0.300 e. The Kier molecular flexibility index (Phi) is 5.49. The second-order valence-corrected chi connectivity index (χ2v) is 8.68. The number of Topliss-reactive ketones (excluding diaryl/α,β-unsaturated/α-hetero) is 1. The summed E-state index contributed by atoms with van der Waals surface area (Å²) >= 11 is 4.87. The standard InChI is InChI=1S/C23H18BrNO4S/c1-13-11-14(8-9-17(13)24)21(26)19-20(18-7-4-10-30-18)25(23(28)22(19)27)15-5-3-6-16(12-15)29-2/h3-12,20,26H,1-2H3/b21-19-. The molecule has 2 aromatic carbocycles. The quantitative estimate of drug-likeness (QED) is 0.304. The van der Waals surface area contributed by atoms with Gasteiger partial charge in [0.05, 0.1) is 12.7 Å². The summed E-state index contributed by atoms with van der Waals surface area (Å²) in [6.45, 7) is 1.90. The highest BCUT2D eigenvalue weighted by Gasteiger charge is 2.47. The van der Waals surface area contributed by atoms with Gasteiger partial charge < -0.3 is 9.84 Å². The van der Waals surface area contributed by atoms with Gasteiger partial charge in [0.2, 0.25) is 0 Å². The predicted octanol–water partition coefficient (Wildman–Crippen LogP) is 5.45. The fourth-order valence-electron chi connectivity index (χ4n) is 3.52. The smallest absolute Gasteiger partial charge is 0.300 e. The molecule has 1 N–H and O–H groups in total. The number of carbonyl (C=O) groups excluding carboxylic acids is 2. The first-order valence-electron chi connectivity index (χ1n) is 9.17. The number of aliphatic hydroxyl groups is 1. The number of ketones is 1. The van der Waals surface area contributed by atoms with Gasteiger partial charge in [0.15, 0.2) is 0 Å². The van der Waals surface area contributed by atoms with Crippen LogP contribution in [0.3, 0.4) is 0 Å². The van der Waals surface area contributed by atoms with Gasteiger partial charge in [-0.05, 0) is 48.2 Å². The van der Waals surface area contributed by atoms with Gasteiger partial charge >= 0.3 is 0 Å². The van der Waals surface area contributed by atoms with E-state index in [0.29, 0.717) is 17.0 Å². The summed E-state index contributed by atoms with van der Waals surface area (Å²) in [4.78, 5) is 28.3. The van der Waals surface area contributed by atoms with Gasteiger partial charge in [-0.15, -0.1) is 11.3 Å². The van der Waals surface area contributed by atoms with Crippen LogP contribution in [0.15, 0.2) is 70.0 Å². The molecule has 1 aromatic heterocycles. The van der Waals surface area contributed by atoms with Crippen LogP contribution >= 0.6 is 27.3 Å². The number of rotatable bonds is 4. The van der Waals surface area contributed by atoms with Crippen LogP contribution in [-0.4, -0.2) is 23.9 Å². The Hall–Kier alpha value is -2.90. The molecule has 3 aromatic rings. The van der Waals surface area contributed by atoms with E-state index in [0.717, 1.165) is 14.9 Å². The molecule has 1 aliphatic rings. The molecule has 0 saturated carbocycles. The maximum absolute atomic E-state index is 13.1. The number of nitrogens with zero attached hydrogens (tertiary/aromatic N) is 1. The number of hydrogen-bond donors (Lipinski definition) is 1. The number of aryl methyl sites for hydroxylation is 1. The third-order valence-corrected chi connectivity index (χ3v) is 6.83. The van der Waals surface area contributed by atoms with Crippen molar-refractivity contribution in [3.63, 3.8) is 0 Å². The Balaban J connectivity index is 1.92. The Morgan fingerprint density at radius 1 is 1.13 bits per heavy atom. The van der Waals surface area contributed by atoms with E-state index in [9.17, 15) is 14.7 Å². The lowest BCUT2D eigenvalue weighted by Crippen LogP contribution is -2.29. The minimum Gasteiger partial charge on any atom is -0.507 e. The number of halogens is 1. The molecule has 1 amide bonds. The molecule has 0 spiro atoms. The zero-order chi connectivity index (χ0) is 21.4. The van der Waals surface area contributed by atoms with Gasteiger partial charge in [0.1, 0.15) is 17.6 Å². The summed E-state index contributed by atoms with van der Waals surface area (Å²) in [6.07, 6.45) is 0. The van der Waals surface area contributed by atoms with Gasteiger partial charge in [-0.25, -0.2) is 0 Å². The number of amides is 1. The number of hydrogen-bond acceptors (Lipinski definition) is 5. The first-order valence-corrected chi connectivity index (χ1v) is 10.8. The van der Waals surface area contributed by atoms with Crippen molar-refractivity contribution >= 4 is 50.4 Å². The van der Waals surface area contributed by atoms with Crippen LogP contribution in [0.25, 0.3) is 5.76 Å². The molecule has 7 heteroatoms. The fourth-order valence-corrected chi connectivity index (χ4v) is 4.59. The lowest BCUT2D eigenvalue weighted by Gasteiger charge is -2.24. The van der Waals surface area contributed by atoms with E-state index in [4.69, 9.17) is 4.74 Å². The number of methoxy groups -OCH3 is 1. The molecular weight excluding hydrogens is 466 g/mol. The van der Waals surface area contributed by atoms with E-state index in [1.165, 1.54) is 16.2 Å². The number of anilines is 1. The molecule has 4 rings (SSSR count). The number of thiophene rings is 1.